The molecule has 1 aromatic rings. The van der Waals surface area contributed by atoms with Gasteiger partial charge in [-0.3, -0.25) is 9.69 Å². The predicted octanol–water partition coefficient (Wildman–Crippen LogP) is -0.0419. The zero-order chi connectivity index (χ0) is 12.1. The molecule has 5 heteroatoms. The van der Waals surface area contributed by atoms with Gasteiger partial charge in [-0.1, -0.05) is 0 Å². The molecule has 0 atom stereocenters. The normalized spacial score (nSPS) is 17.0. The van der Waals surface area contributed by atoms with Gasteiger partial charge in [0, 0.05) is 51.2 Å². The second-order valence-electron chi connectivity index (χ2n) is 4.36. The highest BCUT2D eigenvalue weighted by Crippen LogP contribution is 2.03. The fourth-order valence-electron chi connectivity index (χ4n) is 2.06. The third-order valence-corrected chi connectivity index (χ3v) is 3.12. The lowest BCUT2D eigenvalue weighted by Crippen LogP contribution is -2.46. The molecule has 1 saturated heterocycles. The maximum absolute atomic E-state index is 11.8. The van der Waals surface area contributed by atoms with Gasteiger partial charge in [-0.15, -0.1) is 0 Å². The van der Waals surface area contributed by atoms with Crippen molar-refractivity contribution >= 4 is 5.91 Å². The maximum atomic E-state index is 11.8. The molecule has 0 saturated carbocycles. The second kappa shape index (κ2) is 5.84. The summed E-state index contributed by atoms with van der Waals surface area (Å²) in [6.45, 7) is 7.78. The quantitative estimate of drug-likeness (QED) is 0.687. The maximum Gasteiger partial charge on any atom is 0.253 e. The highest BCUT2D eigenvalue weighted by atomic mass is 16.1. The van der Waals surface area contributed by atoms with Gasteiger partial charge in [0.15, 0.2) is 0 Å². The molecule has 1 amide bonds. The van der Waals surface area contributed by atoms with Crippen molar-refractivity contribution in [2.24, 2.45) is 0 Å². The molecular formula is C12H20N4O. The molecule has 0 spiro atoms. The monoisotopic (exact) mass is 236 g/mol. The number of aromatic nitrogens is 1. The van der Waals surface area contributed by atoms with Gasteiger partial charge in [0.2, 0.25) is 0 Å². The Labute approximate surface area is 102 Å². The van der Waals surface area contributed by atoms with Gasteiger partial charge in [0.05, 0.1) is 5.56 Å². The van der Waals surface area contributed by atoms with Crippen LogP contribution in [-0.2, 0) is 0 Å². The number of carbonyl (C=O) groups excluding carboxylic acids is 1. The summed E-state index contributed by atoms with van der Waals surface area (Å²) in [5, 5.41) is 6.26. The van der Waals surface area contributed by atoms with E-state index in [1.165, 1.54) is 0 Å². The summed E-state index contributed by atoms with van der Waals surface area (Å²) in [6, 6.07) is 1.81. The van der Waals surface area contributed by atoms with E-state index in [1.807, 2.05) is 13.0 Å². The lowest BCUT2D eigenvalue weighted by molar-refractivity contribution is 0.0947. The van der Waals surface area contributed by atoms with Crippen LogP contribution in [0.25, 0.3) is 0 Å². The molecule has 2 heterocycles. The number of carbonyl (C=O) groups is 1. The molecule has 1 aromatic heterocycles. The average molecular weight is 236 g/mol. The minimum atomic E-state index is 0.0129. The molecule has 94 valence electrons. The van der Waals surface area contributed by atoms with E-state index in [2.05, 4.69) is 20.5 Å². The van der Waals surface area contributed by atoms with E-state index >= 15 is 0 Å². The third kappa shape index (κ3) is 3.31. The fourth-order valence-corrected chi connectivity index (χ4v) is 2.06. The zero-order valence-electron chi connectivity index (χ0n) is 10.3. The van der Waals surface area contributed by atoms with Gasteiger partial charge in [0.25, 0.3) is 5.91 Å². The summed E-state index contributed by atoms with van der Waals surface area (Å²) in [5.41, 5.74) is 1.66. The van der Waals surface area contributed by atoms with E-state index in [9.17, 15) is 4.79 Å². The molecule has 0 unspecified atom stereocenters. The lowest BCUT2D eigenvalue weighted by Gasteiger charge is -2.27. The van der Waals surface area contributed by atoms with Crippen molar-refractivity contribution in [1.82, 2.24) is 20.5 Å². The SMILES string of the molecule is Cc1[nH]ccc1C(=O)NCCN1CCNCC1. The lowest BCUT2D eigenvalue weighted by atomic mass is 10.2. The van der Waals surface area contributed by atoms with Crippen molar-refractivity contribution in [3.63, 3.8) is 0 Å². The van der Waals surface area contributed by atoms with Crippen molar-refractivity contribution in [3.8, 4) is 0 Å². The number of H-pyrrole nitrogens is 1. The minimum Gasteiger partial charge on any atom is -0.365 e. The fraction of sp³-hybridized carbons (Fsp3) is 0.583. The van der Waals surface area contributed by atoms with Gasteiger partial charge in [0.1, 0.15) is 0 Å². The van der Waals surface area contributed by atoms with Crippen LogP contribution in [-0.4, -0.2) is 55.1 Å². The first-order valence-corrected chi connectivity index (χ1v) is 6.12. The van der Waals surface area contributed by atoms with Crippen LogP contribution in [0.5, 0.6) is 0 Å². The number of amides is 1. The molecule has 0 aromatic carbocycles. The van der Waals surface area contributed by atoms with Crippen molar-refractivity contribution in [1.29, 1.82) is 0 Å². The zero-order valence-corrected chi connectivity index (χ0v) is 10.3. The molecule has 0 bridgehead atoms. The number of aromatic amines is 1. The summed E-state index contributed by atoms with van der Waals surface area (Å²) in [7, 11) is 0. The summed E-state index contributed by atoms with van der Waals surface area (Å²) < 4.78 is 0. The van der Waals surface area contributed by atoms with Crippen LogP contribution in [0.2, 0.25) is 0 Å². The van der Waals surface area contributed by atoms with Gasteiger partial charge >= 0.3 is 0 Å². The van der Waals surface area contributed by atoms with Crippen LogP contribution >= 0.6 is 0 Å². The number of hydrogen-bond donors (Lipinski definition) is 3. The Morgan fingerprint density at radius 2 is 2.24 bits per heavy atom. The van der Waals surface area contributed by atoms with E-state index in [1.54, 1.807) is 6.20 Å². The van der Waals surface area contributed by atoms with Gasteiger partial charge in [-0.05, 0) is 13.0 Å². The van der Waals surface area contributed by atoms with Crippen molar-refractivity contribution in [2.45, 2.75) is 6.92 Å². The second-order valence-corrected chi connectivity index (χ2v) is 4.36. The Morgan fingerprint density at radius 1 is 1.47 bits per heavy atom. The number of aryl methyl sites for hydroxylation is 1. The van der Waals surface area contributed by atoms with E-state index < -0.39 is 0 Å². The number of piperazine rings is 1. The smallest absolute Gasteiger partial charge is 0.253 e. The molecule has 2 rings (SSSR count). The average Bonchev–Trinajstić information content (AvgIpc) is 2.77. The molecule has 1 fully saturated rings. The summed E-state index contributed by atoms with van der Waals surface area (Å²) in [6.07, 6.45) is 1.79. The van der Waals surface area contributed by atoms with E-state index in [0.29, 0.717) is 6.54 Å². The predicted molar refractivity (Wildman–Crippen MR) is 67.2 cm³/mol. The van der Waals surface area contributed by atoms with Gasteiger partial charge < -0.3 is 15.6 Å². The van der Waals surface area contributed by atoms with Gasteiger partial charge in [-0.2, -0.15) is 0 Å². The van der Waals surface area contributed by atoms with E-state index in [0.717, 1.165) is 44.0 Å². The molecule has 0 radical (unpaired) electrons. The summed E-state index contributed by atoms with van der Waals surface area (Å²) in [4.78, 5) is 17.2. The Balaban J connectivity index is 1.71. The molecule has 1 aliphatic rings. The number of nitrogens with zero attached hydrogens (tertiary/aromatic N) is 1. The Morgan fingerprint density at radius 3 is 2.88 bits per heavy atom. The Bertz CT molecular complexity index is 368. The van der Waals surface area contributed by atoms with Crippen LogP contribution in [0.15, 0.2) is 12.3 Å². The van der Waals surface area contributed by atoms with E-state index in [-0.39, 0.29) is 5.91 Å². The van der Waals surface area contributed by atoms with Gasteiger partial charge in [-0.25, -0.2) is 0 Å². The van der Waals surface area contributed by atoms with Crippen LogP contribution in [0, 0.1) is 6.92 Å². The van der Waals surface area contributed by atoms with E-state index in [4.69, 9.17) is 0 Å². The summed E-state index contributed by atoms with van der Waals surface area (Å²) >= 11 is 0. The topological polar surface area (TPSA) is 60.2 Å². The molecule has 1 aliphatic heterocycles. The number of hydrogen-bond acceptors (Lipinski definition) is 3. The van der Waals surface area contributed by atoms with Crippen molar-refractivity contribution in [3.05, 3.63) is 23.5 Å². The minimum absolute atomic E-state index is 0.0129. The number of nitrogens with one attached hydrogen (secondary N) is 3. The molecule has 3 N–H and O–H groups in total. The highest BCUT2D eigenvalue weighted by molar-refractivity contribution is 5.95. The number of rotatable bonds is 4. The largest absolute Gasteiger partial charge is 0.365 e. The third-order valence-electron chi connectivity index (χ3n) is 3.12. The first-order valence-electron chi connectivity index (χ1n) is 6.12. The van der Waals surface area contributed by atoms with Crippen LogP contribution in [0.3, 0.4) is 0 Å². The van der Waals surface area contributed by atoms with Crippen molar-refractivity contribution in [2.75, 3.05) is 39.3 Å². The molecule has 0 aliphatic carbocycles. The van der Waals surface area contributed by atoms with Crippen LogP contribution < -0.4 is 10.6 Å². The molecular weight excluding hydrogens is 216 g/mol. The standard InChI is InChI=1S/C12H20N4O/c1-10-11(2-3-14-10)12(17)15-6-9-16-7-4-13-5-8-16/h2-3,13-14H,4-9H2,1H3,(H,15,17). The molecule has 17 heavy (non-hydrogen) atoms. The molecule has 5 nitrogen and oxygen atoms in total. The van der Waals surface area contributed by atoms with Crippen LogP contribution in [0.1, 0.15) is 16.1 Å². The summed E-state index contributed by atoms with van der Waals surface area (Å²) in [5.74, 6) is 0.0129. The Kier molecular flexibility index (Phi) is 4.17. The first-order chi connectivity index (χ1) is 8.27. The first kappa shape index (κ1) is 12.1. The van der Waals surface area contributed by atoms with Crippen molar-refractivity contribution < 1.29 is 4.79 Å². The Hall–Kier alpha value is -1.33. The van der Waals surface area contributed by atoms with Crippen LogP contribution in [0.4, 0.5) is 0 Å². The highest BCUT2D eigenvalue weighted by Gasteiger charge is 2.11.